The maximum absolute atomic E-state index is 12.4. The van der Waals surface area contributed by atoms with Crippen molar-refractivity contribution >= 4 is 11.7 Å². The second-order valence-corrected chi connectivity index (χ2v) is 5.85. The van der Waals surface area contributed by atoms with Gasteiger partial charge in [-0.1, -0.05) is 18.6 Å². The SMILES string of the molecule is Cc1cccc(OC(F)F)c1NC(=O)NCC1CCCC(O)C1. The number of para-hydroxylation sites is 1. The molecule has 1 fully saturated rings. The van der Waals surface area contributed by atoms with E-state index in [-0.39, 0.29) is 23.5 Å². The molecule has 0 bridgehead atoms. The van der Waals surface area contributed by atoms with Crippen molar-refractivity contribution < 1.29 is 23.4 Å². The van der Waals surface area contributed by atoms with Crippen molar-refractivity contribution in [3.63, 3.8) is 0 Å². The van der Waals surface area contributed by atoms with E-state index in [1.807, 2.05) is 0 Å². The van der Waals surface area contributed by atoms with Crippen molar-refractivity contribution in [3.8, 4) is 5.75 Å². The number of rotatable bonds is 5. The van der Waals surface area contributed by atoms with Crippen LogP contribution in [0.15, 0.2) is 18.2 Å². The van der Waals surface area contributed by atoms with Gasteiger partial charge in [0.15, 0.2) is 0 Å². The molecule has 2 atom stereocenters. The first-order chi connectivity index (χ1) is 11.0. The lowest BCUT2D eigenvalue weighted by Crippen LogP contribution is -2.35. The van der Waals surface area contributed by atoms with E-state index in [1.54, 1.807) is 19.1 Å². The van der Waals surface area contributed by atoms with Gasteiger partial charge in [0, 0.05) is 6.54 Å². The Morgan fingerprint density at radius 2 is 2.22 bits per heavy atom. The molecule has 128 valence electrons. The van der Waals surface area contributed by atoms with E-state index in [1.165, 1.54) is 6.07 Å². The van der Waals surface area contributed by atoms with E-state index < -0.39 is 12.6 Å². The molecule has 1 aliphatic carbocycles. The Labute approximate surface area is 134 Å². The van der Waals surface area contributed by atoms with E-state index in [2.05, 4.69) is 15.4 Å². The van der Waals surface area contributed by atoms with Crippen LogP contribution in [0.4, 0.5) is 19.3 Å². The van der Waals surface area contributed by atoms with E-state index in [9.17, 15) is 18.7 Å². The van der Waals surface area contributed by atoms with Crippen molar-refractivity contribution in [1.29, 1.82) is 0 Å². The number of hydrogen-bond acceptors (Lipinski definition) is 3. The zero-order valence-corrected chi connectivity index (χ0v) is 13.0. The average molecular weight is 328 g/mol. The van der Waals surface area contributed by atoms with Crippen molar-refractivity contribution in [3.05, 3.63) is 23.8 Å². The molecule has 0 aromatic heterocycles. The Balaban J connectivity index is 1.92. The minimum atomic E-state index is -2.95. The molecule has 7 heteroatoms. The Morgan fingerprint density at radius 3 is 2.91 bits per heavy atom. The number of aliphatic hydroxyl groups is 1. The Morgan fingerprint density at radius 1 is 1.43 bits per heavy atom. The first-order valence-electron chi connectivity index (χ1n) is 7.73. The molecule has 1 saturated carbocycles. The summed E-state index contributed by atoms with van der Waals surface area (Å²) >= 11 is 0. The standard InChI is InChI=1S/C16H22F2N2O3/c1-10-4-2-7-13(23-15(17)18)14(10)20-16(22)19-9-11-5-3-6-12(21)8-11/h2,4,7,11-12,15,21H,3,5-6,8-9H2,1H3,(H2,19,20,22). The number of amides is 2. The van der Waals surface area contributed by atoms with Crippen molar-refractivity contribution in [2.24, 2.45) is 5.92 Å². The molecule has 2 rings (SSSR count). The van der Waals surface area contributed by atoms with Crippen LogP contribution in [-0.4, -0.2) is 30.4 Å². The summed E-state index contributed by atoms with van der Waals surface area (Å²) in [5.74, 6) is 0.168. The third-order valence-corrected chi connectivity index (χ3v) is 4.00. The van der Waals surface area contributed by atoms with Gasteiger partial charge in [0.05, 0.1) is 11.8 Å². The first kappa shape index (κ1) is 17.5. The van der Waals surface area contributed by atoms with Crippen LogP contribution in [-0.2, 0) is 0 Å². The van der Waals surface area contributed by atoms with Crippen LogP contribution in [0.5, 0.6) is 5.75 Å². The summed E-state index contributed by atoms with van der Waals surface area (Å²) in [6, 6.07) is 4.19. The molecule has 5 nitrogen and oxygen atoms in total. The number of benzene rings is 1. The lowest BCUT2D eigenvalue weighted by molar-refractivity contribution is -0.0493. The van der Waals surface area contributed by atoms with Crippen LogP contribution in [0.2, 0.25) is 0 Å². The molecule has 0 saturated heterocycles. The van der Waals surface area contributed by atoms with Gasteiger partial charge in [-0.2, -0.15) is 8.78 Å². The molecular formula is C16H22F2N2O3. The largest absolute Gasteiger partial charge is 0.433 e. The molecule has 0 spiro atoms. The van der Waals surface area contributed by atoms with Gasteiger partial charge >= 0.3 is 12.6 Å². The fourth-order valence-electron chi connectivity index (χ4n) is 2.84. The van der Waals surface area contributed by atoms with Crippen molar-refractivity contribution in [2.45, 2.75) is 45.3 Å². The molecule has 23 heavy (non-hydrogen) atoms. The van der Waals surface area contributed by atoms with Crippen molar-refractivity contribution in [2.75, 3.05) is 11.9 Å². The molecule has 0 aliphatic heterocycles. The lowest BCUT2D eigenvalue weighted by Gasteiger charge is -2.26. The van der Waals surface area contributed by atoms with E-state index in [0.717, 1.165) is 19.3 Å². The molecular weight excluding hydrogens is 306 g/mol. The lowest BCUT2D eigenvalue weighted by atomic mass is 9.87. The normalized spacial score (nSPS) is 21.1. The molecule has 2 unspecified atom stereocenters. The highest BCUT2D eigenvalue weighted by Gasteiger charge is 2.21. The van der Waals surface area contributed by atoms with Crippen LogP contribution in [0.1, 0.15) is 31.2 Å². The number of hydrogen-bond donors (Lipinski definition) is 3. The number of aliphatic hydroxyl groups excluding tert-OH is 1. The molecule has 0 radical (unpaired) electrons. The second kappa shape index (κ2) is 8.10. The monoisotopic (exact) mass is 328 g/mol. The van der Waals surface area contributed by atoms with Gasteiger partial charge in [0.2, 0.25) is 0 Å². The van der Waals surface area contributed by atoms with Crippen molar-refractivity contribution in [1.82, 2.24) is 5.32 Å². The summed E-state index contributed by atoms with van der Waals surface area (Å²) in [5.41, 5.74) is 0.861. The number of nitrogens with one attached hydrogen (secondary N) is 2. The van der Waals surface area contributed by atoms with Gasteiger partial charge in [0.25, 0.3) is 0 Å². The number of halogens is 2. The Kier molecular flexibility index (Phi) is 6.15. The number of ether oxygens (including phenoxy) is 1. The molecule has 3 N–H and O–H groups in total. The number of carbonyl (C=O) groups excluding carboxylic acids is 1. The van der Waals surface area contributed by atoms with E-state index in [4.69, 9.17) is 0 Å². The van der Waals surface area contributed by atoms with Crippen LogP contribution < -0.4 is 15.4 Å². The van der Waals surface area contributed by atoms with E-state index in [0.29, 0.717) is 18.5 Å². The number of alkyl halides is 2. The minimum absolute atomic E-state index is 0.0664. The summed E-state index contributed by atoms with van der Waals surface area (Å²) in [5, 5.41) is 14.9. The van der Waals surface area contributed by atoms with E-state index >= 15 is 0 Å². The smallest absolute Gasteiger partial charge is 0.387 e. The van der Waals surface area contributed by atoms with Gasteiger partial charge in [-0.05, 0) is 43.7 Å². The quantitative estimate of drug-likeness (QED) is 0.777. The Hall–Kier alpha value is -1.89. The van der Waals surface area contributed by atoms with Crippen LogP contribution >= 0.6 is 0 Å². The summed E-state index contributed by atoms with van der Waals surface area (Å²) in [4.78, 5) is 12.0. The Bertz CT molecular complexity index is 540. The van der Waals surface area contributed by atoms with Gasteiger partial charge in [-0.15, -0.1) is 0 Å². The molecule has 1 aromatic carbocycles. The second-order valence-electron chi connectivity index (χ2n) is 5.85. The zero-order chi connectivity index (χ0) is 16.8. The van der Waals surface area contributed by atoms with Gasteiger partial charge in [-0.25, -0.2) is 4.79 Å². The van der Waals surface area contributed by atoms with Crippen LogP contribution in [0.25, 0.3) is 0 Å². The van der Waals surface area contributed by atoms with Crippen LogP contribution in [0, 0.1) is 12.8 Å². The first-order valence-corrected chi connectivity index (χ1v) is 7.73. The molecule has 1 aliphatic rings. The third kappa shape index (κ3) is 5.35. The predicted molar refractivity (Wildman–Crippen MR) is 82.8 cm³/mol. The summed E-state index contributed by atoms with van der Waals surface area (Å²) < 4.78 is 29.3. The summed E-state index contributed by atoms with van der Waals surface area (Å²) in [7, 11) is 0. The number of urea groups is 1. The molecule has 2 amide bonds. The number of aryl methyl sites for hydroxylation is 1. The third-order valence-electron chi connectivity index (χ3n) is 4.00. The minimum Gasteiger partial charge on any atom is -0.433 e. The average Bonchev–Trinajstić information content (AvgIpc) is 2.48. The molecule has 1 aromatic rings. The highest BCUT2D eigenvalue weighted by Crippen LogP contribution is 2.29. The highest BCUT2D eigenvalue weighted by atomic mass is 19.3. The summed E-state index contributed by atoms with van der Waals surface area (Å²) in [6.45, 7) is -0.810. The van der Waals surface area contributed by atoms with Gasteiger partial charge < -0.3 is 20.5 Å². The fourth-order valence-corrected chi connectivity index (χ4v) is 2.84. The maximum atomic E-state index is 12.4. The number of anilines is 1. The summed E-state index contributed by atoms with van der Waals surface area (Å²) in [6.07, 6.45) is 3.08. The maximum Gasteiger partial charge on any atom is 0.387 e. The molecule has 0 heterocycles. The van der Waals surface area contributed by atoms with Gasteiger partial charge in [0.1, 0.15) is 5.75 Å². The van der Waals surface area contributed by atoms with Crippen LogP contribution in [0.3, 0.4) is 0 Å². The number of carbonyl (C=O) groups is 1. The topological polar surface area (TPSA) is 70.6 Å². The highest BCUT2D eigenvalue weighted by molar-refractivity contribution is 5.91. The zero-order valence-electron chi connectivity index (χ0n) is 13.0. The fraction of sp³-hybridized carbons (Fsp3) is 0.562. The van der Waals surface area contributed by atoms with Gasteiger partial charge in [-0.3, -0.25) is 0 Å². The predicted octanol–water partition coefficient (Wildman–Crippen LogP) is 3.27.